The van der Waals surface area contributed by atoms with Crippen molar-refractivity contribution in [1.82, 2.24) is 14.7 Å². The fraction of sp³-hybridized carbons (Fsp3) is 0.600. The van der Waals surface area contributed by atoms with Crippen molar-refractivity contribution in [2.75, 3.05) is 39.3 Å². The summed E-state index contributed by atoms with van der Waals surface area (Å²) in [5.41, 5.74) is -1.22. The Morgan fingerprint density at radius 3 is 2.36 bits per heavy atom. The van der Waals surface area contributed by atoms with Crippen molar-refractivity contribution in [3.05, 3.63) is 35.4 Å². The molecular weight excluding hydrogens is 371 g/mol. The van der Waals surface area contributed by atoms with Gasteiger partial charge in [0, 0.05) is 38.8 Å². The molecule has 0 aliphatic carbocycles. The van der Waals surface area contributed by atoms with Gasteiger partial charge < -0.3 is 9.80 Å². The van der Waals surface area contributed by atoms with Gasteiger partial charge in [0.1, 0.15) is 0 Å². The molecule has 1 aromatic carbocycles. The minimum Gasteiger partial charge on any atom is -0.339 e. The van der Waals surface area contributed by atoms with Crippen LogP contribution in [0.25, 0.3) is 0 Å². The molecule has 1 aromatic rings. The molecule has 1 unspecified atom stereocenters. The van der Waals surface area contributed by atoms with Crippen molar-refractivity contribution in [3.8, 4) is 0 Å². The lowest BCUT2D eigenvalue weighted by molar-refractivity contribution is -0.138. The molecule has 0 bridgehead atoms. The van der Waals surface area contributed by atoms with E-state index in [-0.39, 0.29) is 17.5 Å². The molecule has 2 saturated heterocycles. The zero-order chi connectivity index (χ0) is 20.3. The highest BCUT2D eigenvalue weighted by Crippen LogP contribution is 2.32. The van der Waals surface area contributed by atoms with E-state index in [0.717, 1.165) is 31.9 Å². The summed E-state index contributed by atoms with van der Waals surface area (Å²) < 4.78 is 39.5. The monoisotopic (exact) mass is 397 g/mol. The van der Waals surface area contributed by atoms with E-state index < -0.39 is 17.6 Å². The highest BCUT2D eigenvalue weighted by molar-refractivity contribution is 5.96. The lowest BCUT2D eigenvalue weighted by Crippen LogP contribution is -2.53. The van der Waals surface area contributed by atoms with Gasteiger partial charge >= 0.3 is 6.18 Å². The standard InChI is InChI=1S/C20H26F3N3O2/c1-15-6-4-5-9-26(15)18(27)14-24-10-12-25(13-11-24)19(28)16-7-2-3-8-17(16)20(21,22)23/h2-3,7-8,15H,4-6,9-14H2,1H3. The van der Waals surface area contributed by atoms with Gasteiger partial charge in [-0.15, -0.1) is 0 Å². The Labute approximate surface area is 163 Å². The maximum atomic E-state index is 13.2. The number of piperazine rings is 1. The summed E-state index contributed by atoms with van der Waals surface area (Å²) in [6.07, 6.45) is -1.37. The summed E-state index contributed by atoms with van der Waals surface area (Å²) in [6.45, 7) is 4.73. The number of rotatable bonds is 3. The van der Waals surface area contributed by atoms with Gasteiger partial charge in [-0.3, -0.25) is 14.5 Å². The summed E-state index contributed by atoms with van der Waals surface area (Å²) in [4.78, 5) is 30.5. The topological polar surface area (TPSA) is 43.9 Å². The van der Waals surface area contributed by atoms with Gasteiger partial charge in [-0.1, -0.05) is 12.1 Å². The van der Waals surface area contributed by atoms with Gasteiger partial charge in [-0.05, 0) is 38.3 Å². The van der Waals surface area contributed by atoms with E-state index in [0.29, 0.717) is 32.7 Å². The molecule has 2 fully saturated rings. The number of hydrogen-bond acceptors (Lipinski definition) is 3. The molecule has 2 heterocycles. The highest BCUT2D eigenvalue weighted by Gasteiger charge is 2.36. The summed E-state index contributed by atoms with van der Waals surface area (Å²) in [5.74, 6) is -0.516. The van der Waals surface area contributed by atoms with Crippen LogP contribution in [0.5, 0.6) is 0 Å². The third-order valence-electron chi connectivity index (χ3n) is 5.60. The van der Waals surface area contributed by atoms with Crippen molar-refractivity contribution in [3.63, 3.8) is 0 Å². The van der Waals surface area contributed by atoms with Gasteiger partial charge in [0.25, 0.3) is 5.91 Å². The Hall–Kier alpha value is -2.09. The van der Waals surface area contributed by atoms with Crippen LogP contribution in [0, 0.1) is 0 Å². The zero-order valence-corrected chi connectivity index (χ0v) is 16.0. The van der Waals surface area contributed by atoms with Crippen LogP contribution in [-0.2, 0) is 11.0 Å². The highest BCUT2D eigenvalue weighted by atomic mass is 19.4. The first-order chi connectivity index (χ1) is 13.3. The number of alkyl halides is 3. The van der Waals surface area contributed by atoms with E-state index in [1.807, 2.05) is 9.80 Å². The molecular formula is C20H26F3N3O2. The van der Waals surface area contributed by atoms with Gasteiger partial charge in [-0.2, -0.15) is 13.2 Å². The summed E-state index contributed by atoms with van der Waals surface area (Å²) in [6, 6.07) is 5.13. The van der Waals surface area contributed by atoms with Crippen LogP contribution in [0.15, 0.2) is 24.3 Å². The number of piperidine rings is 1. The summed E-state index contributed by atoms with van der Waals surface area (Å²) in [7, 11) is 0. The molecule has 0 aromatic heterocycles. The molecule has 2 amide bonds. The van der Waals surface area contributed by atoms with Gasteiger partial charge in [0.05, 0.1) is 17.7 Å². The Kier molecular flexibility index (Phi) is 6.27. The van der Waals surface area contributed by atoms with Crippen molar-refractivity contribution in [2.24, 2.45) is 0 Å². The number of amides is 2. The Morgan fingerprint density at radius 2 is 1.71 bits per heavy atom. The van der Waals surface area contributed by atoms with E-state index in [1.165, 1.54) is 23.1 Å². The predicted molar refractivity (Wildman–Crippen MR) is 98.8 cm³/mol. The van der Waals surface area contributed by atoms with Gasteiger partial charge in [0.2, 0.25) is 5.91 Å². The lowest BCUT2D eigenvalue weighted by atomic mass is 10.0. The number of halogens is 3. The number of nitrogens with zero attached hydrogens (tertiary/aromatic N) is 3. The van der Waals surface area contributed by atoms with Gasteiger partial charge in [-0.25, -0.2) is 0 Å². The van der Waals surface area contributed by atoms with E-state index in [1.54, 1.807) is 0 Å². The van der Waals surface area contributed by atoms with Crippen LogP contribution in [0.2, 0.25) is 0 Å². The molecule has 1 atom stereocenters. The molecule has 0 radical (unpaired) electrons. The van der Waals surface area contributed by atoms with Crippen molar-refractivity contribution < 1.29 is 22.8 Å². The first kappa shape index (κ1) is 20.6. The fourth-order valence-corrected chi connectivity index (χ4v) is 3.95. The first-order valence-electron chi connectivity index (χ1n) is 9.74. The van der Waals surface area contributed by atoms with Crippen molar-refractivity contribution >= 4 is 11.8 Å². The predicted octanol–water partition coefficient (Wildman–Crippen LogP) is 2.86. The fourth-order valence-electron chi connectivity index (χ4n) is 3.95. The lowest BCUT2D eigenvalue weighted by Gasteiger charge is -2.38. The van der Waals surface area contributed by atoms with Crippen LogP contribution in [-0.4, -0.2) is 71.8 Å². The molecule has 28 heavy (non-hydrogen) atoms. The van der Waals surface area contributed by atoms with E-state index in [2.05, 4.69) is 6.92 Å². The molecule has 5 nitrogen and oxygen atoms in total. The molecule has 154 valence electrons. The molecule has 8 heteroatoms. The van der Waals surface area contributed by atoms with Crippen LogP contribution in [0.4, 0.5) is 13.2 Å². The Morgan fingerprint density at radius 1 is 1.04 bits per heavy atom. The average Bonchev–Trinajstić information content (AvgIpc) is 2.67. The second-order valence-electron chi connectivity index (χ2n) is 7.54. The number of carbonyl (C=O) groups is 2. The molecule has 0 spiro atoms. The largest absolute Gasteiger partial charge is 0.417 e. The minimum absolute atomic E-state index is 0.0920. The van der Waals surface area contributed by atoms with Crippen molar-refractivity contribution in [2.45, 2.75) is 38.4 Å². The molecule has 0 saturated carbocycles. The van der Waals surface area contributed by atoms with Gasteiger partial charge in [0.15, 0.2) is 0 Å². The Balaban J connectivity index is 1.57. The second kappa shape index (κ2) is 8.51. The minimum atomic E-state index is -4.56. The third-order valence-corrected chi connectivity index (χ3v) is 5.60. The smallest absolute Gasteiger partial charge is 0.339 e. The molecule has 0 N–H and O–H groups in total. The maximum absolute atomic E-state index is 13.2. The zero-order valence-electron chi connectivity index (χ0n) is 16.0. The van der Waals surface area contributed by atoms with E-state index in [9.17, 15) is 22.8 Å². The number of benzene rings is 1. The first-order valence-corrected chi connectivity index (χ1v) is 9.74. The van der Waals surface area contributed by atoms with E-state index in [4.69, 9.17) is 0 Å². The normalized spacial score (nSPS) is 21.6. The maximum Gasteiger partial charge on any atom is 0.417 e. The van der Waals surface area contributed by atoms with Crippen molar-refractivity contribution in [1.29, 1.82) is 0 Å². The summed E-state index contributed by atoms with van der Waals surface area (Å²) in [5, 5.41) is 0. The number of carbonyl (C=O) groups excluding carboxylic acids is 2. The SMILES string of the molecule is CC1CCCCN1C(=O)CN1CCN(C(=O)c2ccccc2C(F)(F)F)CC1. The van der Waals surface area contributed by atoms with Crippen LogP contribution < -0.4 is 0 Å². The quantitative estimate of drug-likeness (QED) is 0.788. The number of likely N-dealkylation sites (tertiary alicyclic amines) is 1. The summed E-state index contributed by atoms with van der Waals surface area (Å²) >= 11 is 0. The average molecular weight is 397 g/mol. The molecule has 2 aliphatic rings. The van der Waals surface area contributed by atoms with E-state index >= 15 is 0 Å². The number of hydrogen-bond donors (Lipinski definition) is 0. The van der Waals surface area contributed by atoms with Crippen LogP contribution in [0.1, 0.15) is 42.1 Å². The third kappa shape index (κ3) is 4.66. The Bertz CT molecular complexity index is 715. The van der Waals surface area contributed by atoms with Crippen LogP contribution in [0.3, 0.4) is 0 Å². The second-order valence-corrected chi connectivity index (χ2v) is 7.54. The van der Waals surface area contributed by atoms with Crippen LogP contribution >= 0.6 is 0 Å². The molecule has 3 rings (SSSR count). The molecule has 2 aliphatic heterocycles.